The highest BCUT2D eigenvalue weighted by Crippen LogP contribution is 2.57. The van der Waals surface area contributed by atoms with E-state index in [0.717, 1.165) is 17.1 Å². The molecular weight excluding hydrogens is 352 g/mol. The van der Waals surface area contributed by atoms with Crippen molar-refractivity contribution in [2.75, 3.05) is 0 Å². The molecule has 1 N–H and O–H groups in total. The molecule has 2 aliphatic carbocycles. The number of rotatable bonds is 8. The average molecular weight is 378 g/mol. The predicted octanol–water partition coefficient (Wildman–Crippen LogP) is 4.53. The molecule has 28 heavy (non-hydrogen) atoms. The van der Waals surface area contributed by atoms with E-state index in [0.29, 0.717) is 6.04 Å². The van der Waals surface area contributed by atoms with Gasteiger partial charge >= 0.3 is 5.97 Å². The van der Waals surface area contributed by atoms with Gasteiger partial charge in [0.25, 0.3) is 0 Å². The molecule has 5 heteroatoms. The number of carbonyl (C=O) groups excluding carboxylic acids is 1. The maximum atomic E-state index is 12.6. The number of nitrogens with zero attached hydrogens (tertiary/aromatic N) is 1. The third-order valence-corrected chi connectivity index (χ3v) is 5.49. The quantitative estimate of drug-likeness (QED) is 0.416. The number of para-hydroxylation sites is 1. The lowest BCUT2D eigenvalue weighted by atomic mass is 10.1. The molecule has 4 rings (SSSR count). The van der Waals surface area contributed by atoms with Crippen molar-refractivity contribution in [1.29, 1.82) is 0 Å². The van der Waals surface area contributed by atoms with Gasteiger partial charge in [-0.1, -0.05) is 44.2 Å². The number of esters is 1. The maximum Gasteiger partial charge on any atom is 0.310 e. The van der Waals surface area contributed by atoms with Gasteiger partial charge in [0.1, 0.15) is 18.1 Å². The summed E-state index contributed by atoms with van der Waals surface area (Å²) in [6.45, 7) is 4.41. The SMILES string of the molecule is CC1(C)C(/C=N/NC2CC2)C1C(=O)OCc1cccc(Oc2ccccc2)c1. The highest BCUT2D eigenvalue weighted by Gasteiger charge is 2.62. The second kappa shape index (κ2) is 7.66. The number of carbonyl (C=O) groups is 1. The fourth-order valence-corrected chi connectivity index (χ4v) is 3.41. The minimum Gasteiger partial charge on any atom is -0.461 e. The molecule has 0 heterocycles. The number of nitrogens with one attached hydrogen (secondary N) is 1. The Morgan fingerprint density at radius 2 is 1.89 bits per heavy atom. The van der Waals surface area contributed by atoms with Crippen molar-refractivity contribution < 1.29 is 14.3 Å². The Bertz CT molecular complexity index is 859. The minimum atomic E-state index is -0.165. The van der Waals surface area contributed by atoms with Gasteiger partial charge in [0.15, 0.2) is 0 Å². The Balaban J connectivity index is 1.31. The third-order valence-electron chi connectivity index (χ3n) is 5.49. The van der Waals surface area contributed by atoms with Crippen molar-refractivity contribution in [1.82, 2.24) is 5.43 Å². The first-order chi connectivity index (χ1) is 13.5. The Morgan fingerprint density at radius 3 is 2.64 bits per heavy atom. The first kappa shape index (κ1) is 18.5. The van der Waals surface area contributed by atoms with E-state index < -0.39 is 0 Å². The maximum absolute atomic E-state index is 12.6. The Labute approximate surface area is 165 Å². The van der Waals surface area contributed by atoms with Gasteiger partial charge in [-0.15, -0.1) is 0 Å². The van der Waals surface area contributed by atoms with Crippen LogP contribution in [0.3, 0.4) is 0 Å². The van der Waals surface area contributed by atoms with Crippen molar-refractivity contribution in [3.63, 3.8) is 0 Å². The van der Waals surface area contributed by atoms with Crippen LogP contribution in [0.4, 0.5) is 0 Å². The second-order valence-corrected chi connectivity index (χ2v) is 8.18. The normalized spacial score (nSPS) is 22.6. The van der Waals surface area contributed by atoms with Crippen LogP contribution in [0.15, 0.2) is 59.7 Å². The smallest absolute Gasteiger partial charge is 0.310 e. The summed E-state index contributed by atoms with van der Waals surface area (Å²) in [6, 6.07) is 17.8. The predicted molar refractivity (Wildman–Crippen MR) is 108 cm³/mol. The number of hydrogen-bond donors (Lipinski definition) is 1. The topological polar surface area (TPSA) is 59.9 Å². The van der Waals surface area contributed by atoms with E-state index in [-0.39, 0.29) is 29.8 Å². The molecule has 2 fully saturated rings. The standard InChI is InChI=1S/C23H26N2O3/c1-23(2)20(14-24-25-17-11-12-17)21(23)22(26)27-15-16-7-6-10-19(13-16)28-18-8-4-3-5-9-18/h3-10,13-14,17,20-21,25H,11-12,15H2,1-2H3/b24-14+. The highest BCUT2D eigenvalue weighted by atomic mass is 16.5. The molecule has 2 saturated carbocycles. The summed E-state index contributed by atoms with van der Waals surface area (Å²) in [5, 5.41) is 4.29. The second-order valence-electron chi connectivity index (χ2n) is 8.18. The summed E-state index contributed by atoms with van der Waals surface area (Å²) >= 11 is 0. The summed E-state index contributed by atoms with van der Waals surface area (Å²) in [5.41, 5.74) is 3.91. The van der Waals surface area contributed by atoms with Gasteiger partial charge in [-0.05, 0) is 48.1 Å². The van der Waals surface area contributed by atoms with E-state index in [4.69, 9.17) is 9.47 Å². The molecule has 0 saturated heterocycles. The van der Waals surface area contributed by atoms with Crippen LogP contribution < -0.4 is 10.2 Å². The van der Waals surface area contributed by atoms with E-state index in [9.17, 15) is 4.79 Å². The number of ether oxygens (including phenoxy) is 2. The molecular formula is C23H26N2O3. The molecule has 2 aromatic rings. The molecule has 2 unspecified atom stereocenters. The van der Waals surface area contributed by atoms with E-state index in [1.54, 1.807) is 0 Å². The molecule has 146 valence electrons. The average Bonchev–Trinajstić information content (AvgIpc) is 3.59. The monoisotopic (exact) mass is 378 g/mol. The van der Waals surface area contributed by atoms with Crippen LogP contribution in [0.25, 0.3) is 0 Å². The molecule has 0 spiro atoms. The van der Waals surface area contributed by atoms with Gasteiger partial charge in [0.2, 0.25) is 0 Å². The molecule has 0 amide bonds. The molecule has 2 atom stereocenters. The largest absolute Gasteiger partial charge is 0.461 e. The van der Waals surface area contributed by atoms with Crippen molar-refractivity contribution in [3.8, 4) is 11.5 Å². The van der Waals surface area contributed by atoms with Gasteiger partial charge in [-0.25, -0.2) is 0 Å². The van der Waals surface area contributed by atoms with E-state index in [2.05, 4.69) is 24.4 Å². The highest BCUT2D eigenvalue weighted by molar-refractivity contribution is 5.85. The fraction of sp³-hybridized carbons (Fsp3) is 0.391. The van der Waals surface area contributed by atoms with Crippen LogP contribution in [0.1, 0.15) is 32.3 Å². The van der Waals surface area contributed by atoms with Gasteiger partial charge in [0, 0.05) is 18.2 Å². The zero-order chi connectivity index (χ0) is 19.6. The van der Waals surface area contributed by atoms with Crippen molar-refractivity contribution >= 4 is 12.2 Å². The lowest BCUT2D eigenvalue weighted by Crippen LogP contribution is -2.11. The van der Waals surface area contributed by atoms with Crippen molar-refractivity contribution in [3.05, 3.63) is 60.2 Å². The summed E-state index contributed by atoms with van der Waals surface area (Å²) in [4.78, 5) is 12.6. The molecule has 2 aromatic carbocycles. The Hall–Kier alpha value is -2.82. The van der Waals surface area contributed by atoms with E-state index in [1.807, 2.05) is 60.8 Å². The first-order valence-electron chi connectivity index (χ1n) is 9.81. The van der Waals surface area contributed by atoms with Crippen LogP contribution in [0, 0.1) is 17.3 Å². The van der Waals surface area contributed by atoms with Crippen LogP contribution in [-0.4, -0.2) is 18.2 Å². The number of hydrazone groups is 1. The van der Waals surface area contributed by atoms with Gasteiger partial charge < -0.3 is 14.9 Å². The number of hydrogen-bond acceptors (Lipinski definition) is 5. The van der Waals surface area contributed by atoms with Gasteiger partial charge in [-0.3, -0.25) is 4.79 Å². The summed E-state index contributed by atoms with van der Waals surface area (Å²) < 4.78 is 11.4. The molecule has 0 bridgehead atoms. The molecule has 0 radical (unpaired) electrons. The summed E-state index contributed by atoms with van der Waals surface area (Å²) in [7, 11) is 0. The summed E-state index contributed by atoms with van der Waals surface area (Å²) in [5.74, 6) is 1.32. The zero-order valence-electron chi connectivity index (χ0n) is 16.3. The molecule has 0 aliphatic heterocycles. The third kappa shape index (κ3) is 4.35. The van der Waals surface area contributed by atoms with Gasteiger partial charge in [-0.2, -0.15) is 5.10 Å². The molecule has 5 nitrogen and oxygen atoms in total. The van der Waals surface area contributed by atoms with Crippen LogP contribution >= 0.6 is 0 Å². The Morgan fingerprint density at radius 1 is 1.14 bits per heavy atom. The zero-order valence-corrected chi connectivity index (χ0v) is 16.3. The van der Waals surface area contributed by atoms with Crippen LogP contribution in [-0.2, 0) is 16.1 Å². The van der Waals surface area contributed by atoms with Crippen LogP contribution in [0.2, 0.25) is 0 Å². The minimum absolute atomic E-state index is 0.107. The summed E-state index contributed by atoms with van der Waals surface area (Å²) in [6.07, 6.45) is 4.24. The van der Waals surface area contributed by atoms with Crippen molar-refractivity contribution in [2.24, 2.45) is 22.4 Å². The van der Waals surface area contributed by atoms with Gasteiger partial charge in [0.05, 0.1) is 5.92 Å². The molecule has 2 aliphatic rings. The number of benzene rings is 2. The van der Waals surface area contributed by atoms with Crippen LogP contribution in [0.5, 0.6) is 11.5 Å². The lowest BCUT2D eigenvalue weighted by molar-refractivity contribution is -0.147. The van der Waals surface area contributed by atoms with Crippen molar-refractivity contribution in [2.45, 2.75) is 39.3 Å². The fourth-order valence-electron chi connectivity index (χ4n) is 3.41. The lowest BCUT2D eigenvalue weighted by Gasteiger charge is -2.09. The molecule has 0 aromatic heterocycles. The Kier molecular flexibility index (Phi) is 5.07. The van der Waals surface area contributed by atoms with E-state index in [1.165, 1.54) is 12.8 Å². The van der Waals surface area contributed by atoms with E-state index >= 15 is 0 Å². The first-order valence-corrected chi connectivity index (χ1v) is 9.81.